The van der Waals surface area contributed by atoms with Gasteiger partial charge in [-0.15, -0.1) is 11.3 Å². The predicted molar refractivity (Wildman–Crippen MR) is 111 cm³/mol. The minimum absolute atomic E-state index is 0.213. The summed E-state index contributed by atoms with van der Waals surface area (Å²) in [6.07, 6.45) is 5.40. The van der Waals surface area contributed by atoms with Crippen molar-refractivity contribution < 1.29 is 17.6 Å². The molecule has 1 fully saturated rings. The normalized spacial score (nSPS) is 15.7. The molecule has 4 rings (SSSR count). The Morgan fingerprint density at radius 1 is 1.07 bits per heavy atom. The molecule has 0 radical (unpaired) electrons. The van der Waals surface area contributed by atoms with Crippen molar-refractivity contribution in [1.29, 1.82) is 0 Å². The maximum atomic E-state index is 12.9. The summed E-state index contributed by atoms with van der Waals surface area (Å²) in [5.74, 6) is -0.153. The number of amides is 1. The van der Waals surface area contributed by atoms with Crippen molar-refractivity contribution in [2.24, 2.45) is 0 Å². The predicted octanol–water partition coefficient (Wildman–Crippen LogP) is 4.22. The third kappa shape index (κ3) is 4.42. The number of hydrogen-bond acceptors (Lipinski definition) is 6. The van der Waals surface area contributed by atoms with Crippen LogP contribution in [-0.4, -0.2) is 36.7 Å². The smallest absolute Gasteiger partial charge is 0.293 e. The second kappa shape index (κ2) is 8.48. The van der Waals surface area contributed by atoms with Gasteiger partial charge >= 0.3 is 0 Å². The average molecular weight is 432 g/mol. The van der Waals surface area contributed by atoms with E-state index in [1.165, 1.54) is 17.6 Å². The molecule has 152 valence electrons. The number of rotatable bonds is 5. The lowest BCUT2D eigenvalue weighted by molar-refractivity contribution is 0.0996. The third-order valence-corrected chi connectivity index (χ3v) is 7.49. The molecule has 1 N–H and O–H groups in total. The number of anilines is 1. The molecular weight excluding hydrogens is 410 g/mol. The van der Waals surface area contributed by atoms with Gasteiger partial charge in [0.2, 0.25) is 10.0 Å². The second-order valence-electron chi connectivity index (χ2n) is 6.81. The number of nitrogens with one attached hydrogen (secondary N) is 1. The van der Waals surface area contributed by atoms with Crippen LogP contribution in [-0.2, 0) is 10.0 Å². The van der Waals surface area contributed by atoms with E-state index in [4.69, 9.17) is 4.42 Å². The van der Waals surface area contributed by atoms with E-state index >= 15 is 0 Å². The minimum Gasteiger partial charge on any atom is -0.459 e. The fourth-order valence-corrected chi connectivity index (χ4v) is 5.49. The summed E-state index contributed by atoms with van der Waals surface area (Å²) in [4.78, 5) is 16.7. The number of nitrogens with zero attached hydrogens (tertiary/aromatic N) is 2. The van der Waals surface area contributed by atoms with Crippen molar-refractivity contribution in [2.45, 2.75) is 30.6 Å². The van der Waals surface area contributed by atoms with E-state index in [9.17, 15) is 13.2 Å². The Kier molecular flexibility index (Phi) is 5.79. The van der Waals surface area contributed by atoms with E-state index in [-0.39, 0.29) is 11.7 Å². The molecule has 0 aliphatic carbocycles. The summed E-state index contributed by atoms with van der Waals surface area (Å²) in [6.45, 7) is 1.16. The standard InChI is InChI=1S/C20H21N3O4S2/c24-19(18-6-5-13-27-18)22-20-21-17(14-28-20)15-7-9-16(10-8-15)29(25,26)23-11-3-1-2-4-12-23/h5-10,13-14H,1-4,11-12H2,(H,21,22,24). The van der Waals surface area contributed by atoms with Gasteiger partial charge in [-0.3, -0.25) is 10.1 Å². The molecule has 1 amide bonds. The molecular formula is C20H21N3O4S2. The largest absolute Gasteiger partial charge is 0.459 e. The van der Waals surface area contributed by atoms with Crippen molar-refractivity contribution in [3.05, 3.63) is 53.8 Å². The Bertz CT molecular complexity index is 1070. The van der Waals surface area contributed by atoms with Gasteiger partial charge in [0.05, 0.1) is 16.9 Å². The van der Waals surface area contributed by atoms with E-state index in [2.05, 4.69) is 10.3 Å². The van der Waals surface area contributed by atoms with Gasteiger partial charge in [-0.1, -0.05) is 25.0 Å². The molecule has 1 saturated heterocycles. The molecule has 0 spiro atoms. The van der Waals surface area contributed by atoms with E-state index in [1.807, 2.05) is 5.38 Å². The average Bonchev–Trinajstić information content (AvgIpc) is 3.35. The first-order valence-electron chi connectivity index (χ1n) is 9.45. The number of thiazole rings is 1. The van der Waals surface area contributed by atoms with Crippen molar-refractivity contribution >= 4 is 32.4 Å². The molecule has 7 nitrogen and oxygen atoms in total. The van der Waals surface area contributed by atoms with Crippen LogP contribution in [0.5, 0.6) is 0 Å². The summed E-state index contributed by atoms with van der Waals surface area (Å²) >= 11 is 1.29. The number of sulfonamides is 1. The first kappa shape index (κ1) is 19.8. The van der Waals surface area contributed by atoms with Crippen LogP contribution >= 0.6 is 11.3 Å². The van der Waals surface area contributed by atoms with Gasteiger partial charge in [-0.25, -0.2) is 13.4 Å². The number of aromatic nitrogens is 1. The monoisotopic (exact) mass is 431 g/mol. The van der Waals surface area contributed by atoms with E-state index in [0.29, 0.717) is 28.8 Å². The molecule has 3 aromatic rings. The number of benzene rings is 1. The maximum absolute atomic E-state index is 12.9. The summed E-state index contributed by atoms with van der Waals surface area (Å²) in [5, 5.41) is 4.95. The molecule has 2 aromatic heterocycles. The van der Waals surface area contributed by atoms with Crippen molar-refractivity contribution in [1.82, 2.24) is 9.29 Å². The van der Waals surface area contributed by atoms with Gasteiger partial charge in [0.1, 0.15) is 0 Å². The van der Waals surface area contributed by atoms with Crippen LogP contribution in [0.2, 0.25) is 0 Å². The Morgan fingerprint density at radius 2 is 1.79 bits per heavy atom. The highest BCUT2D eigenvalue weighted by Gasteiger charge is 2.25. The highest BCUT2D eigenvalue weighted by atomic mass is 32.2. The van der Waals surface area contributed by atoms with Crippen LogP contribution in [0.15, 0.2) is 57.4 Å². The van der Waals surface area contributed by atoms with Crippen molar-refractivity contribution in [2.75, 3.05) is 18.4 Å². The third-order valence-electron chi connectivity index (χ3n) is 4.82. The summed E-state index contributed by atoms with van der Waals surface area (Å²) in [6, 6.07) is 9.96. The van der Waals surface area contributed by atoms with Gasteiger partial charge in [0.25, 0.3) is 5.91 Å². The molecule has 0 saturated carbocycles. The Labute approximate surface area is 173 Å². The minimum atomic E-state index is -3.47. The molecule has 1 aliphatic rings. The molecule has 1 aliphatic heterocycles. The van der Waals surface area contributed by atoms with Crippen molar-refractivity contribution in [3.8, 4) is 11.3 Å². The second-order valence-corrected chi connectivity index (χ2v) is 9.61. The molecule has 0 unspecified atom stereocenters. The van der Waals surface area contributed by atoms with Gasteiger partial charge in [-0.2, -0.15) is 4.31 Å². The Balaban J connectivity index is 1.48. The zero-order chi connectivity index (χ0) is 20.3. The van der Waals surface area contributed by atoms with Crippen LogP contribution < -0.4 is 5.32 Å². The number of carbonyl (C=O) groups excluding carboxylic acids is 1. The molecule has 0 atom stereocenters. The quantitative estimate of drug-likeness (QED) is 0.653. The maximum Gasteiger partial charge on any atom is 0.293 e. The SMILES string of the molecule is O=C(Nc1nc(-c2ccc(S(=O)(=O)N3CCCCCC3)cc2)cs1)c1ccco1. The van der Waals surface area contributed by atoms with Gasteiger partial charge in [0.15, 0.2) is 10.9 Å². The van der Waals surface area contributed by atoms with Crippen LogP contribution in [0.4, 0.5) is 5.13 Å². The lowest BCUT2D eigenvalue weighted by Crippen LogP contribution is -2.31. The van der Waals surface area contributed by atoms with Gasteiger partial charge < -0.3 is 4.42 Å². The fourth-order valence-electron chi connectivity index (χ4n) is 3.26. The summed E-state index contributed by atoms with van der Waals surface area (Å²) in [7, 11) is -3.47. The Morgan fingerprint density at radius 3 is 2.45 bits per heavy atom. The zero-order valence-corrected chi connectivity index (χ0v) is 17.3. The topological polar surface area (TPSA) is 92.5 Å². The van der Waals surface area contributed by atoms with Gasteiger partial charge in [-0.05, 0) is 37.1 Å². The van der Waals surface area contributed by atoms with Crippen LogP contribution in [0, 0.1) is 0 Å². The van der Waals surface area contributed by atoms with Crippen LogP contribution in [0.1, 0.15) is 36.2 Å². The van der Waals surface area contributed by atoms with Crippen LogP contribution in [0.25, 0.3) is 11.3 Å². The fraction of sp³-hybridized carbons (Fsp3) is 0.300. The number of furan rings is 1. The highest BCUT2D eigenvalue weighted by molar-refractivity contribution is 7.89. The highest BCUT2D eigenvalue weighted by Crippen LogP contribution is 2.27. The van der Waals surface area contributed by atoms with Crippen molar-refractivity contribution in [3.63, 3.8) is 0 Å². The molecule has 3 heterocycles. The first-order chi connectivity index (χ1) is 14.0. The van der Waals surface area contributed by atoms with E-state index in [0.717, 1.165) is 31.2 Å². The number of hydrogen-bond donors (Lipinski definition) is 1. The summed E-state index contributed by atoms with van der Waals surface area (Å²) in [5.41, 5.74) is 1.46. The molecule has 1 aromatic carbocycles. The molecule has 0 bridgehead atoms. The number of carbonyl (C=O) groups is 1. The summed E-state index contributed by atoms with van der Waals surface area (Å²) < 4.78 is 32.4. The lowest BCUT2D eigenvalue weighted by atomic mass is 10.2. The Hall–Kier alpha value is -2.49. The molecule has 9 heteroatoms. The first-order valence-corrected chi connectivity index (χ1v) is 11.8. The lowest BCUT2D eigenvalue weighted by Gasteiger charge is -2.19. The van der Waals surface area contributed by atoms with Crippen LogP contribution in [0.3, 0.4) is 0 Å². The van der Waals surface area contributed by atoms with E-state index in [1.54, 1.807) is 40.7 Å². The van der Waals surface area contributed by atoms with E-state index < -0.39 is 10.0 Å². The van der Waals surface area contributed by atoms with Gasteiger partial charge in [0, 0.05) is 24.0 Å². The molecule has 29 heavy (non-hydrogen) atoms. The zero-order valence-electron chi connectivity index (χ0n) is 15.7.